The first-order valence-corrected chi connectivity index (χ1v) is 17.4. The quantitative estimate of drug-likeness (QED) is 0.339. The fourth-order valence-electron chi connectivity index (χ4n) is 13.3. The molecule has 6 saturated carbocycles. The first kappa shape index (κ1) is 26.6. The van der Waals surface area contributed by atoms with Crippen molar-refractivity contribution in [2.45, 2.75) is 82.9 Å². The Bertz CT molecular complexity index is 1270. The van der Waals surface area contributed by atoms with Crippen molar-refractivity contribution in [2.24, 2.45) is 65.1 Å². The van der Waals surface area contributed by atoms with Crippen molar-refractivity contribution in [3.63, 3.8) is 0 Å². The second-order valence-electron chi connectivity index (χ2n) is 15.1. The predicted molar refractivity (Wildman–Crippen MR) is 172 cm³/mol. The van der Waals surface area contributed by atoms with Crippen molar-refractivity contribution in [1.29, 1.82) is 0 Å². The van der Waals surface area contributed by atoms with Crippen molar-refractivity contribution in [2.75, 3.05) is 0 Å². The van der Waals surface area contributed by atoms with Crippen LogP contribution in [-0.2, 0) is 0 Å². The van der Waals surface area contributed by atoms with Crippen molar-refractivity contribution in [1.82, 2.24) is 0 Å². The second-order valence-corrected chi connectivity index (χ2v) is 15.1. The van der Waals surface area contributed by atoms with Gasteiger partial charge in [0, 0.05) is 0 Å². The molecule has 0 heterocycles. The number of benzene rings is 2. The molecular formula is C40H49B. The molecule has 13 atom stereocenters. The van der Waals surface area contributed by atoms with Gasteiger partial charge in [-0.25, -0.2) is 0 Å². The van der Waals surface area contributed by atoms with E-state index >= 15 is 0 Å². The standard InChI is InChI=1S/C40H49B/c1-3-25(23-41)29-19-12-22-30-33(29)24(2)34-36(27-13-6-4-7-14-27)39-31-20-10-17-26-18-11-21-32(35(26)31)40(39)37(38(30)34)28-15-8-5-9-16-28/h3-9,13-16,24,26,30-40H,1,10-12,17-23H2,2H3/b29-25+. The molecule has 212 valence electrons. The van der Waals surface area contributed by atoms with Crippen LogP contribution in [0.5, 0.6) is 0 Å². The largest absolute Gasteiger partial charge is 0.0988 e. The van der Waals surface area contributed by atoms with Gasteiger partial charge in [-0.3, -0.25) is 0 Å². The minimum atomic E-state index is 0.646. The molecule has 13 unspecified atom stereocenters. The molecule has 0 aromatic heterocycles. The number of hydrogen-bond donors (Lipinski definition) is 0. The summed E-state index contributed by atoms with van der Waals surface area (Å²) >= 11 is 0. The minimum Gasteiger partial charge on any atom is -0.0988 e. The van der Waals surface area contributed by atoms with Crippen LogP contribution in [0.15, 0.2) is 84.5 Å². The zero-order valence-corrected chi connectivity index (χ0v) is 25.2. The van der Waals surface area contributed by atoms with Crippen molar-refractivity contribution in [3.8, 4) is 0 Å². The van der Waals surface area contributed by atoms with Gasteiger partial charge in [-0.1, -0.05) is 123 Å². The third-order valence-corrected chi connectivity index (χ3v) is 14.1. The van der Waals surface area contributed by atoms with Gasteiger partial charge in [-0.2, -0.15) is 0 Å². The maximum atomic E-state index is 6.40. The molecule has 2 radical (unpaired) electrons. The summed E-state index contributed by atoms with van der Waals surface area (Å²) in [6.07, 6.45) is 15.7. The lowest BCUT2D eigenvalue weighted by Gasteiger charge is -2.53. The van der Waals surface area contributed by atoms with E-state index in [0.29, 0.717) is 30.0 Å². The fraction of sp³-hybridized carbons (Fsp3) is 0.600. The van der Waals surface area contributed by atoms with Crippen molar-refractivity contribution in [3.05, 3.63) is 95.6 Å². The van der Waals surface area contributed by atoms with E-state index in [2.05, 4.69) is 80.2 Å². The van der Waals surface area contributed by atoms with E-state index in [-0.39, 0.29) is 0 Å². The lowest BCUT2D eigenvalue weighted by atomic mass is 9.51. The Balaban J connectivity index is 1.36. The minimum absolute atomic E-state index is 0.646. The predicted octanol–water partition coefficient (Wildman–Crippen LogP) is 10.0. The molecule has 0 spiro atoms. The summed E-state index contributed by atoms with van der Waals surface area (Å²) in [5.41, 5.74) is 6.40. The Hall–Kier alpha value is -2.02. The van der Waals surface area contributed by atoms with Crippen LogP contribution in [0.4, 0.5) is 0 Å². The van der Waals surface area contributed by atoms with Gasteiger partial charge in [0.05, 0.1) is 7.85 Å². The molecule has 8 rings (SSSR count). The summed E-state index contributed by atoms with van der Waals surface area (Å²) in [6, 6.07) is 24.0. The van der Waals surface area contributed by atoms with E-state index in [1.165, 1.54) is 63.4 Å². The van der Waals surface area contributed by atoms with E-state index in [0.717, 1.165) is 53.3 Å². The fourth-order valence-corrected chi connectivity index (χ4v) is 13.3. The smallest absolute Gasteiger partial charge is 0.0716 e. The molecular weight excluding hydrogens is 491 g/mol. The third-order valence-electron chi connectivity index (χ3n) is 14.1. The highest BCUT2D eigenvalue weighted by atomic mass is 14.7. The van der Waals surface area contributed by atoms with Gasteiger partial charge in [-0.15, -0.1) is 0 Å². The average molecular weight is 541 g/mol. The SMILES string of the molecule is [B]C/C(C=C)=C1\CCCC2C1C(C)C1C(c3ccccc3)C3C4CCCC5CCCC(C54)C3C(c3ccccc3)C21. The van der Waals surface area contributed by atoms with Crippen LogP contribution >= 0.6 is 0 Å². The van der Waals surface area contributed by atoms with Gasteiger partial charge in [0.15, 0.2) is 0 Å². The van der Waals surface area contributed by atoms with Crippen LogP contribution in [0.1, 0.15) is 87.7 Å². The Kier molecular flexibility index (Phi) is 6.88. The summed E-state index contributed by atoms with van der Waals surface area (Å²) in [6.45, 7) is 6.93. The van der Waals surface area contributed by atoms with Crippen LogP contribution in [0.2, 0.25) is 6.32 Å². The Morgan fingerprint density at radius 2 is 1.22 bits per heavy atom. The van der Waals surface area contributed by atoms with Crippen LogP contribution in [0.3, 0.4) is 0 Å². The van der Waals surface area contributed by atoms with Gasteiger partial charge in [-0.05, 0) is 120 Å². The van der Waals surface area contributed by atoms with Gasteiger partial charge >= 0.3 is 0 Å². The van der Waals surface area contributed by atoms with Gasteiger partial charge in [0.1, 0.15) is 0 Å². The zero-order chi connectivity index (χ0) is 27.7. The molecule has 0 nitrogen and oxygen atoms in total. The van der Waals surface area contributed by atoms with E-state index in [1.807, 2.05) is 0 Å². The normalized spacial score (nSPS) is 45.6. The highest BCUT2D eigenvalue weighted by Gasteiger charge is 2.68. The van der Waals surface area contributed by atoms with Crippen LogP contribution in [-0.4, -0.2) is 7.85 Å². The second kappa shape index (κ2) is 10.6. The Morgan fingerprint density at radius 1 is 0.683 bits per heavy atom. The molecule has 0 N–H and O–H groups in total. The van der Waals surface area contributed by atoms with E-state index < -0.39 is 0 Å². The van der Waals surface area contributed by atoms with E-state index in [4.69, 9.17) is 7.85 Å². The number of rotatable bonds is 4. The molecule has 2 aromatic carbocycles. The molecule has 6 aliphatic rings. The first-order valence-electron chi connectivity index (χ1n) is 17.4. The van der Waals surface area contributed by atoms with Crippen molar-refractivity contribution < 1.29 is 0 Å². The van der Waals surface area contributed by atoms with Gasteiger partial charge < -0.3 is 0 Å². The van der Waals surface area contributed by atoms with Crippen molar-refractivity contribution >= 4 is 7.85 Å². The van der Waals surface area contributed by atoms with Gasteiger partial charge in [0.2, 0.25) is 0 Å². The molecule has 0 amide bonds. The lowest BCUT2D eigenvalue weighted by molar-refractivity contribution is 0.0219. The van der Waals surface area contributed by atoms with E-state index in [1.54, 1.807) is 16.7 Å². The van der Waals surface area contributed by atoms with Crippen LogP contribution < -0.4 is 0 Å². The summed E-state index contributed by atoms with van der Waals surface area (Å²) in [7, 11) is 6.40. The van der Waals surface area contributed by atoms with Crippen LogP contribution in [0.25, 0.3) is 0 Å². The summed E-state index contributed by atoms with van der Waals surface area (Å²) < 4.78 is 0. The maximum Gasteiger partial charge on any atom is 0.0716 e. The Labute approximate surface area is 250 Å². The van der Waals surface area contributed by atoms with E-state index in [9.17, 15) is 0 Å². The van der Waals surface area contributed by atoms with Crippen LogP contribution in [0, 0.1) is 65.1 Å². The molecule has 2 aromatic rings. The number of allylic oxidation sites excluding steroid dienone is 3. The summed E-state index contributed by atoms with van der Waals surface area (Å²) in [4.78, 5) is 0. The molecule has 0 aliphatic heterocycles. The Morgan fingerprint density at radius 3 is 1.78 bits per heavy atom. The molecule has 0 bridgehead atoms. The topological polar surface area (TPSA) is 0 Å². The molecule has 0 saturated heterocycles. The molecule has 6 fully saturated rings. The maximum absolute atomic E-state index is 6.40. The monoisotopic (exact) mass is 540 g/mol. The molecule has 1 heteroatoms. The molecule has 41 heavy (non-hydrogen) atoms. The molecule has 6 aliphatic carbocycles. The summed E-state index contributed by atoms with van der Waals surface area (Å²) in [5.74, 6) is 10.6. The highest BCUT2D eigenvalue weighted by Crippen LogP contribution is 2.75. The summed E-state index contributed by atoms with van der Waals surface area (Å²) in [5, 5.41) is 0. The number of hydrogen-bond acceptors (Lipinski definition) is 0. The highest BCUT2D eigenvalue weighted by molar-refractivity contribution is 6.10. The van der Waals surface area contributed by atoms with Gasteiger partial charge in [0.25, 0.3) is 0 Å². The first-order chi connectivity index (χ1) is 20.2. The average Bonchev–Trinajstić information content (AvgIpc) is 3.52. The number of fused-ring (bicyclic) bond motifs is 6. The zero-order valence-electron chi connectivity index (χ0n) is 25.2. The lowest BCUT2D eigenvalue weighted by Crippen LogP contribution is -2.46. The third kappa shape index (κ3) is 3.92.